The fourth-order valence-corrected chi connectivity index (χ4v) is 2.93. The molecule has 0 atom stereocenters. The maximum Gasteiger partial charge on any atom is 0.239 e. The Kier molecular flexibility index (Phi) is 2.66. The van der Waals surface area contributed by atoms with Crippen molar-refractivity contribution in [3.8, 4) is 0 Å². The quantitative estimate of drug-likeness (QED) is 0.620. The second kappa shape index (κ2) is 4.31. The van der Waals surface area contributed by atoms with Crippen molar-refractivity contribution in [2.75, 3.05) is 16.9 Å². The Labute approximate surface area is 103 Å². The number of fused-ring (bicyclic) bond motifs is 1. The lowest BCUT2D eigenvalue weighted by Crippen LogP contribution is -2.30. The first-order valence-corrected chi connectivity index (χ1v) is 6.34. The molecule has 0 bridgehead atoms. The summed E-state index contributed by atoms with van der Waals surface area (Å²) >= 11 is 1.84. The van der Waals surface area contributed by atoms with Crippen molar-refractivity contribution in [3.63, 3.8) is 0 Å². The van der Waals surface area contributed by atoms with Crippen LogP contribution in [0, 0.1) is 0 Å². The lowest BCUT2D eigenvalue weighted by atomic mass is 10.1. The fraction of sp³-hybridized carbons (Fsp3) is 0.273. The van der Waals surface area contributed by atoms with E-state index in [4.69, 9.17) is 5.84 Å². The second-order valence-corrected chi connectivity index (χ2v) is 4.92. The van der Waals surface area contributed by atoms with Crippen LogP contribution in [-0.2, 0) is 13.0 Å². The number of hydrogen-bond acceptors (Lipinski definition) is 6. The highest BCUT2D eigenvalue weighted by molar-refractivity contribution is 7.10. The van der Waals surface area contributed by atoms with Crippen molar-refractivity contribution in [2.45, 2.75) is 13.0 Å². The van der Waals surface area contributed by atoms with E-state index < -0.39 is 0 Å². The summed E-state index contributed by atoms with van der Waals surface area (Å²) in [7, 11) is 0. The van der Waals surface area contributed by atoms with Gasteiger partial charge in [0.2, 0.25) is 5.95 Å². The third-order valence-corrected chi connectivity index (χ3v) is 3.92. The molecule has 0 spiro atoms. The van der Waals surface area contributed by atoms with Crippen LogP contribution in [-0.4, -0.2) is 16.5 Å². The Balaban J connectivity index is 1.86. The van der Waals surface area contributed by atoms with Gasteiger partial charge in [0.15, 0.2) is 0 Å². The minimum atomic E-state index is 0.457. The third kappa shape index (κ3) is 1.96. The largest absolute Gasteiger partial charge is 0.352 e. The molecule has 0 saturated carbocycles. The SMILES string of the molecule is NNc1nccc(N2CCc3sccc3C2)n1. The van der Waals surface area contributed by atoms with Gasteiger partial charge in [-0.05, 0) is 29.5 Å². The zero-order valence-electron chi connectivity index (χ0n) is 9.26. The molecular weight excluding hydrogens is 234 g/mol. The van der Waals surface area contributed by atoms with Gasteiger partial charge in [-0.15, -0.1) is 11.3 Å². The van der Waals surface area contributed by atoms with Crippen molar-refractivity contribution in [1.82, 2.24) is 9.97 Å². The van der Waals surface area contributed by atoms with Crippen molar-refractivity contribution in [2.24, 2.45) is 5.84 Å². The van der Waals surface area contributed by atoms with Crippen molar-refractivity contribution in [3.05, 3.63) is 34.2 Å². The molecule has 0 unspecified atom stereocenters. The monoisotopic (exact) mass is 247 g/mol. The first kappa shape index (κ1) is 10.5. The summed E-state index contributed by atoms with van der Waals surface area (Å²) in [6.45, 7) is 1.91. The number of anilines is 2. The van der Waals surface area contributed by atoms with E-state index in [9.17, 15) is 0 Å². The number of hydrazine groups is 1. The van der Waals surface area contributed by atoms with E-state index in [0.29, 0.717) is 5.95 Å². The molecule has 0 radical (unpaired) electrons. The van der Waals surface area contributed by atoms with Gasteiger partial charge in [0, 0.05) is 24.2 Å². The Morgan fingerprint density at radius 3 is 3.24 bits per heavy atom. The number of hydrogen-bond donors (Lipinski definition) is 2. The average molecular weight is 247 g/mol. The highest BCUT2D eigenvalue weighted by Crippen LogP contribution is 2.26. The normalized spacial score (nSPS) is 14.5. The van der Waals surface area contributed by atoms with Gasteiger partial charge in [0.05, 0.1) is 0 Å². The number of nitrogens with one attached hydrogen (secondary N) is 1. The standard InChI is InChI=1S/C11H13N5S/c12-15-11-13-4-1-10(14-11)16-5-2-9-8(7-16)3-6-17-9/h1,3-4,6H,2,5,7,12H2,(H,13,14,15). The molecule has 6 heteroatoms. The number of nitrogens with two attached hydrogens (primary N) is 1. The average Bonchev–Trinajstić information content (AvgIpc) is 2.86. The minimum Gasteiger partial charge on any atom is -0.352 e. The lowest BCUT2D eigenvalue weighted by Gasteiger charge is -2.27. The Bertz CT molecular complexity index is 524. The first-order chi connectivity index (χ1) is 8.36. The Hall–Kier alpha value is -1.66. The van der Waals surface area contributed by atoms with Crippen molar-refractivity contribution in [1.29, 1.82) is 0 Å². The Morgan fingerprint density at radius 2 is 2.35 bits per heavy atom. The summed E-state index contributed by atoms with van der Waals surface area (Å²) in [6, 6.07) is 4.10. The van der Waals surface area contributed by atoms with Crippen LogP contribution in [0.25, 0.3) is 0 Å². The molecule has 5 nitrogen and oxygen atoms in total. The minimum absolute atomic E-state index is 0.457. The van der Waals surface area contributed by atoms with Gasteiger partial charge < -0.3 is 4.90 Å². The van der Waals surface area contributed by atoms with E-state index in [2.05, 4.69) is 31.7 Å². The van der Waals surface area contributed by atoms with Crippen LogP contribution in [0.5, 0.6) is 0 Å². The third-order valence-electron chi connectivity index (χ3n) is 2.90. The molecule has 3 N–H and O–H groups in total. The molecule has 0 fully saturated rings. The molecule has 0 saturated heterocycles. The summed E-state index contributed by atoms with van der Waals surface area (Å²) in [5.41, 5.74) is 3.88. The van der Waals surface area contributed by atoms with Crippen LogP contribution < -0.4 is 16.2 Å². The molecule has 1 aliphatic rings. The summed E-state index contributed by atoms with van der Waals surface area (Å²) in [5.74, 6) is 6.69. The molecule has 17 heavy (non-hydrogen) atoms. The van der Waals surface area contributed by atoms with E-state index in [0.717, 1.165) is 25.3 Å². The molecular formula is C11H13N5S. The fourth-order valence-electron chi connectivity index (χ4n) is 2.04. The van der Waals surface area contributed by atoms with Crippen LogP contribution in [0.15, 0.2) is 23.7 Å². The van der Waals surface area contributed by atoms with Gasteiger partial charge >= 0.3 is 0 Å². The number of thiophene rings is 1. The predicted molar refractivity (Wildman–Crippen MR) is 68.9 cm³/mol. The van der Waals surface area contributed by atoms with E-state index in [-0.39, 0.29) is 0 Å². The van der Waals surface area contributed by atoms with Gasteiger partial charge in [-0.1, -0.05) is 0 Å². The molecule has 2 aromatic heterocycles. The molecule has 2 aromatic rings. The summed E-state index contributed by atoms with van der Waals surface area (Å²) in [5, 5.41) is 2.15. The lowest BCUT2D eigenvalue weighted by molar-refractivity contribution is 0.731. The smallest absolute Gasteiger partial charge is 0.239 e. The van der Waals surface area contributed by atoms with Crippen LogP contribution in [0.2, 0.25) is 0 Å². The molecule has 0 aromatic carbocycles. The first-order valence-electron chi connectivity index (χ1n) is 5.46. The van der Waals surface area contributed by atoms with Crippen LogP contribution in [0.4, 0.5) is 11.8 Å². The number of nitrogen functional groups attached to an aromatic ring is 1. The van der Waals surface area contributed by atoms with Gasteiger partial charge in [0.25, 0.3) is 0 Å². The zero-order chi connectivity index (χ0) is 11.7. The number of rotatable bonds is 2. The predicted octanol–water partition coefficient (Wildman–Crippen LogP) is 1.39. The van der Waals surface area contributed by atoms with E-state index >= 15 is 0 Å². The molecule has 3 heterocycles. The summed E-state index contributed by atoms with van der Waals surface area (Å²) in [4.78, 5) is 12.1. The zero-order valence-corrected chi connectivity index (χ0v) is 10.1. The molecule has 0 aliphatic carbocycles. The van der Waals surface area contributed by atoms with Crippen LogP contribution in [0.1, 0.15) is 10.4 Å². The molecule has 0 amide bonds. The maximum atomic E-state index is 5.32. The van der Waals surface area contributed by atoms with Crippen LogP contribution in [0.3, 0.4) is 0 Å². The van der Waals surface area contributed by atoms with Gasteiger partial charge in [-0.2, -0.15) is 4.98 Å². The number of nitrogens with zero attached hydrogens (tertiary/aromatic N) is 3. The summed E-state index contributed by atoms with van der Waals surface area (Å²) in [6.07, 6.45) is 2.81. The molecule has 88 valence electrons. The van der Waals surface area contributed by atoms with Crippen LogP contribution >= 0.6 is 11.3 Å². The van der Waals surface area contributed by atoms with E-state index in [1.54, 1.807) is 6.20 Å². The van der Waals surface area contributed by atoms with E-state index in [1.807, 2.05) is 17.4 Å². The summed E-state index contributed by atoms with van der Waals surface area (Å²) < 4.78 is 0. The van der Waals surface area contributed by atoms with Gasteiger partial charge in [-0.3, -0.25) is 5.43 Å². The van der Waals surface area contributed by atoms with Gasteiger partial charge in [-0.25, -0.2) is 10.8 Å². The highest BCUT2D eigenvalue weighted by Gasteiger charge is 2.18. The number of aromatic nitrogens is 2. The maximum absolute atomic E-state index is 5.32. The highest BCUT2D eigenvalue weighted by atomic mass is 32.1. The van der Waals surface area contributed by atoms with Gasteiger partial charge in [0.1, 0.15) is 5.82 Å². The Morgan fingerprint density at radius 1 is 1.41 bits per heavy atom. The second-order valence-electron chi connectivity index (χ2n) is 3.92. The molecule has 3 rings (SSSR count). The molecule has 1 aliphatic heterocycles. The topological polar surface area (TPSA) is 67.1 Å². The van der Waals surface area contributed by atoms with Crippen molar-refractivity contribution >= 4 is 23.1 Å². The van der Waals surface area contributed by atoms with Crippen molar-refractivity contribution < 1.29 is 0 Å². The van der Waals surface area contributed by atoms with E-state index in [1.165, 1.54) is 10.4 Å².